The van der Waals surface area contributed by atoms with Gasteiger partial charge in [0.25, 0.3) is 0 Å². The molecule has 1 amide bonds. The number of aliphatic hydroxyl groups is 3. The highest BCUT2D eigenvalue weighted by Crippen LogP contribution is 2.14. The quantitative estimate of drug-likeness (QED) is 0.0393. The lowest BCUT2D eigenvalue weighted by molar-refractivity contribution is -0.124. The van der Waals surface area contributed by atoms with Gasteiger partial charge in [-0.1, -0.05) is 167 Å². The first kappa shape index (κ1) is 45.8. The summed E-state index contributed by atoms with van der Waals surface area (Å²) < 4.78 is 0. The number of aliphatic hydroxyl groups excluding tert-OH is 3. The molecule has 0 aromatic rings. The average molecular weight is 664 g/mol. The Morgan fingerprint density at radius 1 is 0.511 bits per heavy atom. The third kappa shape index (κ3) is 33.1. The van der Waals surface area contributed by atoms with Gasteiger partial charge in [-0.3, -0.25) is 4.79 Å². The first-order chi connectivity index (χ1) is 23.1. The van der Waals surface area contributed by atoms with Crippen LogP contribution >= 0.6 is 0 Å². The Morgan fingerprint density at radius 2 is 0.851 bits per heavy atom. The molecule has 0 heterocycles. The number of hydrogen-bond acceptors (Lipinski definition) is 4. The molecule has 0 fully saturated rings. The summed E-state index contributed by atoms with van der Waals surface area (Å²) in [4.78, 5) is 12.4. The number of carbonyl (C=O) groups excluding carboxylic acids is 1. The number of allylic oxidation sites excluding steroid dienone is 4. The standard InChI is InChI=1S/C42H81NO4/c1-3-5-7-9-11-13-15-17-19-21-22-24-26-28-30-32-34-36-40(45)42(47)39(38-44)43-41(46)37-35-33-31-29-27-25-23-20-18-16-14-12-10-8-6-4-2/h20,23,28,30,39-40,42,44-45,47H,3-19,21-22,24-27,29,31-38H2,1-2H3,(H,43,46)/b23-20-,30-28+. The number of hydrogen-bond donors (Lipinski definition) is 4. The van der Waals surface area contributed by atoms with Crippen molar-refractivity contribution in [1.29, 1.82) is 0 Å². The van der Waals surface area contributed by atoms with E-state index in [-0.39, 0.29) is 12.5 Å². The fourth-order valence-electron chi connectivity index (χ4n) is 6.27. The molecule has 278 valence electrons. The molecule has 0 aromatic carbocycles. The van der Waals surface area contributed by atoms with Crippen molar-refractivity contribution in [3.05, 3.63) is 24.3 Å². The van der Waals surface area contributed by atoms with Gasteiger partial charge in [0.1, 0.15) is 6.10 Å². The summed E-state index contributed by atoms with van der Waals surface area (Å²) in [6.45, 7) is 4.16. The van der Waals surface area contributed by atoms with Crippen LogP contribution in [0.5, 0.6) is 0 Å². The van der Waals surface area contributed by atoms with Crippen molar-refractivity contribution in [2.24, 2.45) is 0 Å². The lowest BCUT2D eigenvalue weighted by Gasteiger charge is -2.26. The highest BCUT2D eigenvalue weighted by molar-refractivity contribution is 5.76. The minimum atomic E-state index is -1.16. The Bertz CT molecular complexity index is 694. The Kier molecular flexibility index (Phi) is 36.7. The van der Waals surface area contributed by atoms with E-state index in [4.69, 9.17) is 0 Å². The van der Waals surface area contributed by atoms with Gasteiger partial charge in [0.2, 0.25) is 5.91 Å². The second-order valence-corrected chi connectivity index (χ2v) is 14.2. The number of unbranched alkanes of at least 4 members (excludes halogenated alkanes) is 25. The van der Waals surface area contributed by atoms with Crippen LogP contribution in [0.25, 0.3) is 0 Å². The third-order valence-electron chi connectivity index (χ3n) is 9.53. The van der Waals surface area contributed by atoms with Crippen LogP contribution < -0.4 is 5.32 Å². The van der Waals surface area contributed by atoms with Gasteiger partial charge in [-0.05, 0) is 64.2 Å². The van der Waals surface area contributed by atoms with Crippen molar-refractivity contribution in [3.63, 3.8) is 0 Å². The van der Waals surface area contributed by atoms with E-state index in [9.17, 15) is 20.1 Å². The monoisotopic (exact) mass is 664 g/mol. The summed E-state index contributed by atoms with van der Waals surface area (Å²) in [6.07, 6.45) is 44.2. The predicted octanol–water partition coefficient (Wildman–Crippen LogP) is 11.4. The summed E-state index contributed by atoms with van der Waals surface area (Å²) in [7, 11) is 0. The van der Waals surface area contributed by atoms with Gasteiger partial charge in [0.05, 0.1) is 18.8 Å². The molecule has 0 radical (unpaired) electrons. The minimum absolute atomic E-state index is 0.163. The van der Waals surface area contributed by atoms with Gasteiger partial charge in [-0.2, -0.15) is 0 Å². The topological polar surface area (TPSA) is 89.8 Å². The van der Waals surface area contributed by atoms with Gasteiger partial charge in [0, 0.05) is 6.42 Å². The van der Waals surface area contributed by atoms with Crippen LogP contribution in [-0.4, -0.2) is 46.1 Å². The molecule has 0 rings (SSSR count). The van der Waals surface area contributed by atoms with Crippen molar-refractivity contribution in [2.45, 2.75) is 231 Å². The second-order valence-electron chi connectivity index (χ2n) is 14.2. The molecule has 3 unspecified atom stereocenters. The zero-order valence-electron chi connectivity index (χ0n) is 31.4. The molecule has 0 aromatic heterocycles. The molecule has 0 saturated carbocycles. The average Bonchev–Trinajstić information content (AvgIpc) is 3.07. The first-order valence-electron chi connectivity index (χ1n) is 20.6. The van der Waals surface area contributed by atoms with Crippen LogP contribution in [0.15, 0.2) is 24.3 Å². The van der Waals surface area contributed by atoms with E-state index in [1.807, 2.05) is 0 Å². The molecule has 0 spiro atoms. The van der Waals surface area contributed by atoms with Gasteiger partial charge in [-0.25, -0.2) is 0 Å². The Balaban J connectivity index is 3.71. The van der Waals surface area contributed by atoms with Crippen LogP contribution in [-0.2, 0) is 4.79 Å². The number of amides is 1. The van der Waals surface area contributed by atoms with E-state index in [0.29, 0.717) is 12.8 Å². The predicted molar refractivity (Wildman–Crippen MR) is 204 cm³/mol. The van der Waals surface area contributed by atoms with Crippen LogP contribution in [0.4, 0.5) is 0 Å². The summed E-state index contributed by atoms with van der Waals surface area (Å²) in [6, 6.07) is -0.827. The molecule has 0 saturated heterocycles. The number of nitrogens with one attached hydrogen (secondary N) is 1. The lowest BCUT2D eigenvalue weighted by Crippen LogP contribution is -2.50. The van der Waals surface area contributed by atoms with Gasteiger partial charge in [0.15, 0.2) is 0 Å². The molecule has 0 aliphatic heterocycles. The summed E-state index contributed by atoms with van der Waals surface area (Å²) >= 11 is 0. The molecule has 3 atom stereocenters. The zero-order chi connectivity index (χ0) is 34.5. The van der Waals surface area contributed by atoms with Crippen molar-refractivity contribution < 1.29 is 20.1 Å². The maximum atomic E-state index is 12.4. The van der Waals surface area contributed by atoms with Crippen LogP contribution in [0.1, 0.15) is 213 Å². The van der Waals surface area contributed by atoms with Gasteiger partial charge in [-0.15, -0.1) is 0 Å². The zero-order valence-corrected chi connectivity index (χ0v) is 31.4. The maximum Gasteiger partial charge on any atom is 0.220 e. The number of carbonyl (C=O) groups is 1. The molecule has 5 heteroatoms. The molecular formula is C42H81NO4. The smallest absolute Gasteiger partial charge is 0.220 e. The molecule has 47 heavy (non-hydrogen) atoms. The summed E-state index contributed by atoms with van der Waals surface area (Å²) in [5.41, 5.74) is 0. The Hall–Kier alpha value is -1.17. The number of rotatable bonds is 37. The highest BCUT2D eigenvalue weighted by atomic mass is 16.3. The Labute approximate surface area is 292 Å². The molecule has 0 aliphatic carbocycles. The maximum absolute atomic E-state index is 12.4. The fraction of sp³-hybridized carbons (Fsp3) is 0.881. The van der Waals surface area contributed by atoms with E-state index in [1.165, 1.54) is 141 Å². The van der Waals surface area contributed by atoms with Crippen molar-refractivity contribution in [1.82, 2.24) is 5.32 Å². The lowest BCUT2D eigenvalue weighted by atomic mass is 10.0. The first-order valence-corrected chi connectivity index (χ1v) is 20.6. The van der Waals surface area contributed by atoms with Crippen molar-refractivity contribution in [3.8, 4) is 0 Å². The summed E-state index contributed by atoms with van der Waals surface area (Å²) in [5, 5.41) is 33.4. The largest absolute Gasteiger partial charge is 0.394 e. The second kappa shape index (κ2) is 37.6. The van der Waals surface area contributed by atoms with E-state index in [1.54, 1.807) is 0 Å². The molecule has 5 nitrogen and oxygen atoms in total. The SMILES string of the molecule is CCCCCCCCC/C=C\CCCCCCCC(=O)NC(CO)C(O)C(O)CCC/C=C/CCCCCCCCCCCCCC. The molecule has 0 aliphatic rings. The molecule has 0 bridgehead atoms. The van der Waals surface area contributed by atoms with Crippen LogP contribution in [0.2, 0.25) is 0 Å². The highest BCUT2D eigenvalue weighted by Gasteiger charge is 2.26. The van der Waals surface area contributed by atoms with Crippen LogP contribution in [0, 0.1) is 0 Å². The fourth-order valence-corrected chi connectivity index (χ4v) is 6.27. The van der Waals surface area contributed by atoms with Crippen molar-refractivity contribution >= 4 is 5.91 Å². The van der Waals surface area contributed by atoms with E-state index in [2.05, 4.69) is 43.5 Å². The third-order valence-corrected chi connectivity index (χ3v) is 9.53. The van der Waals surface area contributed by atoms with E-state index >= 15 is 0 Å². The van der Waals surface area contributed by atoms with Gasteiger partial charge >= 0.3 is 0 Å². The van der Waals surface area contributed by atoms with Crippen LogP contribution in [0.3, 0.4) is 0 Å². The van der Waals surface area contributed by atoms with E-state index < -0.39 is 18.2 Å². The van der Waals surface area contributed by atoms with Gasteiger partial charge < -0.3 is 20.6 Å². The molecular weight excluding hydrogens is 582 g/mol. The Morgan fingerprint density at radius 3 is 1.23 bits per heavy atom. The summed E-state index contributed by atoms with van der Waals surface area (Å²) in [5.74, 6) is -0.163. The molecule has 4 N–H and O–H groups in total. The normalized spacial score (nSPS) is 13.9. The minimum Gasteiger partial charge on any atom is -0.394 e. The van der Waals surface area contributed by atoms with E-state index in [0.717, 1.165) is 44.9 Å². The van der Waals surface area contributed by atoms with Crippen molar-refractivity contribution in [2.75, 3.05) is 6.61 Å².